The number of hydrazine groups is 1. The van der Waals surface area contributed by atoms with Crippen LogP contribution >= 0.6 is 0 Å². The predicted molar refractivity (Wildman–Crippen MR) is 95.0 cm³/mol. The first-order valence-corrected chi connectivity index (χ1v) is 7.69. The zero-order chi connectivity index (χ0) is 17.8. The molecule has 2 N–H and O–H groups in total. The maximum absolute atomic E-state index is 12.5. The first kappa shape index (κ1) is 16.4. The molecule has 0 aliphatic heterocycles. The van der Waals surface area contributed by atoms with Crippen LogP contribution in [0.25, 0.3) is 22.2 Å². The number of ether oxygens (including phenoxy) is 1. The summed E-state index contributed by atoms with van der Waals surface area (Å²) in [5.74, 6) is -0.00110. The minimum Gasteiger partial charge on any atom is -0.497 e. The van der Waals surface area contributed by atoms with Gasteiger partial charge in [-0.25, -0.2) is 4.98 Å². The molecule has 25 heavy (non-hydrogen) atoms. The highest BCUT2D eigenvalue weighted by Gasteiger charge is 2.14. The summed E-state index contributed by atoms with van der Waals surface area (Å²) in [6.45, 7) is 1.33. The minimum atomic E-state index is -0.399. The van der Waals surface area contributed by atoms with Crippen LogP contribution in [0.3, 0.4) is 0 Å². The van der Waals surface area contributed by atoms with Gasteiger partial charge in [0.15, 0.2) is 0 Å². The molecule has 2 amide bonds. The van der Waals surface area contributed by atoms with E-state index in [-0.39, 0.29) is 5.91 Å². The summed E-state index contributed by atoms with van der Waals surface area (Å²) in [6, 6.07) is 16.5. The van der Waals surface area contributed by atoms with E-state index in [9.17, 15) is 9.59 Å². The molecule has 0 bridgehead atoms. The van der Waals surface area contributed by atoms with Gasteiger partial charge in [-0.3, -0.25) is 20.4 Å². The summed E-state index contributed by atoms with van der Waals surface area (Å²) >= 11 is 0. The number of methoxy groups -OCH3 is 1. The quantitative estimate of drug-likeness (QED) is 0.721. The van der Waals surface area contributed by atoms with Crippen molar-refractivity contribution >= 4 is 22.7 Å². The number of carbonyl (C=O) groups excluding carboxylic acids is 2. The van der Waals surface area contributed by atoms with Crippen LogP contribution in [0.2, 0.25) is 0 Å². The van der Waals surface area contributed by atoms with Gasteiger partial charge in [-0.15, -0.1) is 0 Å². The minimum absolute atomic E-state index is 0.345. The molecule has 0 fully saturated rings. The normalized spacial score (nSPS) is 10.3. The van der Waals surface area contributed by atoms with Crippen molar-refractivity contribution in [1.29, 1.82) is 0 Å². The monoisotopic (exact) mass is 335 g/mol. The molecule has 0 radical (unpaired) electrons. The fourth-order valence-electron chi connectivity index (χ4n) is 2.49. The first-order valence-electron chi connectivity index (χ1n) is 7.69. The molecule has 0 unspecified atom stereocenters. The van der Waals surface area contributed by atoms with E-state index >= 15 is 0 Å². The number of nitrogens with zero attached hydrogens (tertiary/aromatic N) is 1. The predicted octanol–water partition coefficient (Wildman–Crippen LogP) is 2.69. The van der Waals surface area contributed by atoms with Gasteiger partial charge in [0.05, 0.1) is 23.9 Å². The van der Waals surface area contributed by atoms with E-state index in [1.165, 1.54) is 6.92 Å². The lowest BCUT2D eigenvalue weighted by Gasteiger charge is -2.11. The lowest BCUT2D eigenvalue weighted by Crippen LogP contribution is -2.40. The summed E-state index contributed by atoms with van der Waals surface area (Å²) in [5.41, 5.74) is 7.36. The fourth-order valence-corrected chi connectivity index (χ4v) is 2.49. The Hall–Kier alpha value is -3.41. The van der Waals surface area contributed by atoms with Crippen LogP contribution in [-0.2, 0) is 4.79 Å². The Morgan fingerprint density at radius 3 is 2.40 bits per heavy atom. The lowest BCUT2D eigenvalue weighted by molar-refractivity contribution is -0.119. The van der Waals surface area contributed by atoms with Gasteiger partial charge in [-0.1, -0.05) is 18.2 Å². The molecule has 2 aromatic carbocycles. The number of hydrogen-bond acceptors (Lipinski definition) is 4. The van der Waals surface area contributed by atoms with E-state index in [1.54, 1.807) is 13.2 Å². The molecule has 6 heteroatoms. The smallest absolute Gasteiger partial charge is 0.270 e. The third-order valence-corrected chi connectivity index (χ3v) is 3.70. The summed E-state index contributed by atoms with van der Waals surface area (Å²) in [5, 5.41) is 0.711. The van der Waals surface area contributed by atoms with Crippen molar-refractivity contribution in [2.24, 2.45) is 0 Å². The molecule has 0 aliphatic rings. The van der Waals surface area contributed by atoms with E-state index in [4.69, 9.17) is 4.74 Å². The molecule has 1 aromatic heterocycles. The number of benzene rings is 2. The van der Waals surface area contributed by atoms with Crippen molar-refractivity contribution in [3.05, 3.63) is 60.2 Å². The number of para-hydroxylation sites is 1. The molecule has 1 heterocycles. The molecule has 3 rings (SSSR count). The maximum atomic E-state index is 12.5. The molecule has 6 nitrogen and oxygen atoms in total. The average molecular weight is 335 g/mol. The van der Waals surface area contributed by atoms with Crippen molar-refractivity contribution in [1.82, 2.24) is 15.8 Å². The topological polar surface area (TPSA) is 80.3 Å². The zero-order valence-corrected chi connectivity index (χ0v) is 13.9. The van der Waals surface area contributed by atoms with Gasteiger partial charge >= 0.3 is 0 Å². The van der Waals surface area contributed by atoms with Crippen molar-refractivity contribution in [2.45, 2.75) is 6.92 Å². The third kappa shape index (κ3) is 3.58. The van der Waals surface area contributed by atoms with E-state index in [0.717, 1.165) is 11.3 Å². The van der Waals surface area contributed by atoms with Gasteiger partial charge in [0.25, 0.3) is 5.91 Å². The Morgan fingerprint density at radius 2 is 1.72 bits per heavy atom. The van der Waals surface area contributed by atoms with Gasteiger partial charge in [0, 0.05) is 17.9 Å². The second kappa shape index (κ2) is 7.00. The summed E-state index contributed by atoms with van der Waals surface area (Å²) in [4.78, 5) is 28.1. The Labute approximate surface area is 144 Å². The second-order valence-electron chi connectivity index (χ2n) is 5.44. The number of fused-ring (bicyclic) bond motifs is 1. The van der Waals surface area contributed by atoms with Crippen LogP contribution in [0.1, 0.15) is 17.3 Å². The number of pyridine rings is 1. The fraction of sp³-hybridized carbons (Fsp3) is 0.105. The molecular formula is C19H17N3O3. The Balaban J connectivity index is 2.08. The highest BCUT2D eigenvalue weighted by molar-refractivity contribution is 6.07. The Kier molecular flexibility index (Phi) is 4.61. The van der Waals surface area contributed by atoms with Gasteiger partial charge < -0.3 is 4.74 Å². The van der Waals surface area contributed by atoms with E-state index in [1.807, 2.05) is 48.5 Å². The Morgan fingerprint density at radius 1 is 1.00 bits per heavy atom. The molecule has 0 spiro atoms. The number of rotatable bonds is 3. The molecule has 0 aliphatic carbocycles. The van der Waals surface area contributed by atoms with Crippen LogP contribution in [0, 0.1) is 0 Å². The van der Waals surface area contributed by atoms with E-state index in [0.29, 0.717) is 22.2 Å². The molecule has 3 aromatic rings. The van der Waals surface area contributed by atoms with Crippen molar-refractivity contribution in [3.63, 3.8) is 0 Å². The maximum Gasteiger partial charge on any atom is 0.270 e. The van der Waals surface area contributed by atoms with Crippen molar-refractivity contribution in [2.75, 3.05) is 7.11 Å². The molecule has 126 valence electrons. The average Bonchev–Trinajstić information content (AvgIpc) is 2.65. The Bertz CT molecular complexity index is 936. The molecular weight excluding hydrogens is 318 g/mol. The van der Waals surface area contributed by atoms with Crippen molar-refractivity contribution in [3.8, 4) is 17.0 Å². The summed E-state index contributed by atoms with van der Waals surface area (Å²) in [6.07, 6.45) is 0. The van der Waals surface area contributed by atoms with Gasteiger partial charge in [-0.2, -0.15) is 0 Å². The van der Waals surface area contributed by atoms with Crippen LogP contribution in [0.15, 0.2) is 54.6 Å². The van der Waals surface area contributed by atoms with Gasteiger partial charge in [0.2, 0.25) is 5.91 Å². The standard InChI is InChI=1S/C19H17N3O3/c1-12(23)21-22-19(24)16-11-18(13-7-9-14(25-2)10-8-13)20-17-6-4-3-5-15(16)17/h3-11H,1-2H3,(H,21,23)(H,22,24). The van der Waals surface area contributed by atoms with Gasteiger partial charge in [0.1, 0.15) is 5.75 Å². The van der Waals surface area contributed by atoms with Crippen molar-refractivity contribution < 1.29 is 14.3 Å². The number of hydrogen-bond donors (Lipinski definition) is 2. The highest BCUT2D eigenvalue weighted by atomic mass is 16.5. The van der Waals surface area contributed by atoms with Crippen LogP contribution in [0.5, 0.6) is 5.75 Å². The summed E-state index contributed by atoms with van der Waals surface area (Å²) < 4.78 is 5.17. The van der Waals surface area contributed by atoms with Gasteiger partial charge in [-0.05, 0) is 36.4 Å². The van der Waals surface area contributed by atoms with E-state index < -0.39 is 5.91 Å². The number of nitrogens with one attached hydrogen (secondary N) is 2. The number of amides is 2. The van der Waals surface area contributed by atoms with Crippen LogP contribution < -0.4 is 15.6 Å². The summed E-state index contributed by atoms with van der Waals surface area (Å²) in [7, 11) is 1.60. The number of carbonyl (C=O) groups is 2. The molecule has 0 saturated heterocycles. The first-order chi connectivity index (χ1) is 12.1. The lowest BCUT2D eigenvalue weighted by atomic mass is 10.0. The largest absolute Gasteiger partial charge is 0.497 e. The highest BCUT2D eigenvalue weighted by Crippen LogP contribution is 2.26. The molecule has 0 saturated carbocycles. The number of aromatic nitrogens is 1. The van der Waals surface area contributed by atoms with E-state index in [2.05, 4.69) is 15.8 Å². The SMILES string of the molecule is COc1ccc(-c2cc(C(=O)NNC(C)=O)c3ccccc3n2)cc1. The molecule has 0 atom stereocenters. The van der Waals surface area contributed by atoms with Crippen LogP contribution in [0.4, 0.5) is 0 Å². The third-order valence-electron chi connectivity index (χ3n) is 3.70. The zero-order valence-electron chi connectivity index (χ0n) is 13.9. The van der Waals surface area contributed by atoms with Crippen LogP contribution in [-0.4, -0.2) is 23.9 Å². The second-order valence-corrected chi connectivity index (χ2v) is 5.44.